The Morgan fingerprint density at radius 3 is 2.33 bits per heavy atom. The van der Waals surface area contributed by atoms with Crippen LogP contribution in [0.15, 0.2) is 0 Å². The average molecular weight is 300 g/mol. The number of carbonyl (C=O) groups is 3. The van der Waals surface area contributed by atoms with E-state index in [1.165, 1.54) is 18.8 Å². The second-order valence-electron chi connectivity index (χ2n) is 5.74. The zero-order valence-electron chi connectivity index (χ0n) is 12.3. The molecule has 1 unspecified atom stereocenters. The Balaban J connectivity index is 2.63. The molecular weight excluding hydrogens is 276 g/mol. The minimum atomic E-state index is -1.12. The second kappa shape index (κ2) is 8.61. The van der Waals surface area contributed by atoms with Crippen molar-refractivity contribution in [3.8, 4) is 0 Å². The van der Waals surface area contributed by atoms with Gasteiger partial charge in [0.1, 0.15) is 6.04 Å². The SMILES string of the molecule is C[C@@H](NC(=O)C(CC(=O)NO)CC1CCCCC1)C(=O)O. The van der Waals surface area contributed by atoms with Crippen LogP contribution in [0, 0.1) is 11.8 Å². The summed E-state index contributed by atoms with van der Waals surface area (Å²) in [5, 5.41) is 19.8. The standard InChI is InChI=1S/C14H24N2O5/c1-9(14(19)20)15-13(18)11(8-12(17)16-21)7-10-5-3-2-4-6-10/h9-11,21H,2-8H2,1H3,(H,15,18)(H,16,17)(H,19,20)/t9-,11?/m1/s1. The first-order chi connectivity index (χ1) is 9.93. The highest BCUT2D eigenvalue weighted by atomic mass is 16.5. The number of aliphatic carboxylic acids is 1. The Labute approximate surface area is 124 Å². The predicted molar refractivity (Wildman–Crippen MR) is 74.5 cm³/mol. The highest BCUT2D eigenvalue weighted by Gasteiger charge is 2.28. The van der Waals surface area contributed by atoms with Gasteiger partial charge in [-0.25, -0.2) is 5.48 Å². The van der Waals surface area contributed by atoms with Crippen LogP contribution in [0.5, 0.6) is 0 Å². The van der Waals surface area contributed by atoms with E-state index in [0.29, 0.717) is 12.3 Å². The van der Waals surface area contributed by atoms with Crippen molar-refractivity contribution in [3.63, 3.8) is 0 Å². The van der Waals surface area contributed by atoms with E-state index in [0.717, 1.165) is 25.7 Å². The Hall–Kier alpha value is -1.63. The zero-order valence-corrected chi connectivity index (χ0v) is 12.3. The number of amides is 2. The molecule has 0 aromatic rings. The van der Waals surface area contributed by atoms with Gasteiger partial charge in [-0.15, -0.1) is 0 Å². The molecule has 1 rings (SSSR count). The predicted octanol–water partition coefficient (Wildman–Crippen LogP) is 1.06. The minimum absolute atomic E-state index is 0.134. The van der Waals surface area contributed by atoms with Crippen molar-refractivity contribution in [2.75, 3.05) is 0 Å². The van der Waals surface area contributed by atoms with Crippen LogP contribution in [0.2, 0.25) is 0 Å². The van der Waals surface area contributed by atoms with E-state index in [2.05, 4.69) is 5.32 Å². The van der Waals surface area contributed by atoms with Gasteiger partial charge in [0.05, 0.1) is 0 Å². The molecule has 0 aromatic carbocycles. The molecule has 1 aliphatic rings. The second-order valence-corrected chi connectivity index (χ2v) is 5.74. The summed E-state index contributed by atoms with van der Waals surface area (Å²) in [4.78, 5) is 34.3. The maximum absolute atomic E-state index is 12.1. The van der Waals surface area contributed by atoms with Gasteiger partial charge in [-0.1, -0.05) is 32.1 Å². The first-order valence-corrected chi connectivity index (χ1v) is 7.40. The summed E-state index contributed by atoms with van der Waals surface area (Å²) in [6.45, 7) is 1.38. The van der Waals surface area contributed by atoms with Gasteiger partial charge in [0.2, 0.25) is 11.8 Å². The van der Waals surface area contributed by atoms with Gasteiger partial charge in [0.15, 0.2) is 0 Å². The first-order valence-electron chi connectivity index (χ1n) is 7.40. The van der Waals surface area contributed by atoms with Gasteiger partial charge in [-0.3, -0.25) is 19.6 Å². The molecule has 120 valence electrons. The fraction of sp³-hybridized carbons (Fsp3) is 0.786. The van der Waals surface area contributed by atoms with E-state index in [1.807, 2.05) is 0 Å². The van der Waals surface area contributed by atoms with Crippen molar-refractivity contribution < 1.29 is 24.7 Å². The van der Waals surface area contributed by atoms with E-state index in [1.54, 1.807) is 0 Å². The maximum atomic E-state index is 12.1. The van der Waals surface area contributed by atoms with Crippen LogP contribution in [-0.2, 0) is 14.4 Å². The van der Waals surface area contributed by atoms with E-state index in [-0.39, 0.29) is 6.42 Å². The first kappa shape index (κ1) is 17.4. The number of carbonyl (C=O) groups excluding carboxylic acids is 2. The topological polar surface area (TPSA) is 116 Å². The van der Waals surface area contributed by atoms with Crippen LogP contribution < -0.4 is 10.8 Å². The van der Waals surface area contributed by atoms with Crippen molar-refractivity contribution in [3.05, 3.63) is 0 Å². The summed E-state index contributed by atoms with van der Waals surface area (Å²) < 4.78 is 0. The monoisotopic (exact) mass is 300 g/mol. The molecule has 1 saturated carbocycles. The van der Waals surface area contributed by atoms with Crippen molar-refractivity contribution in [1.29, 1.82) is 0 Å². The highest BCUT2D eigenvalue weighted by Crippen LogP contribution is 2.30. The van der Waals surface area contributed by atoms with E-state index in [4.69, 9.17) is 10.3 Å². The minimum Gasteiger partial charge on any atom is -0.480 e. The van der Waals surface area contributed by atoms with E-state index >= 15 is 0 Å². The van der Waals surface area contributed by atoms with Crippen LogP contribution >= 0.6 is 0 Å². The third-order valence-electron chi connectivity index (χ3n) is 4.00. The Morgan fingerprint density at radius 1 is 1.19 bits per heavy atom. The third-order valence-corrected chi connectivity index (χ3v) is 4.00. The van der Waals surface area contributed by atoms with Crippen LogP contribution in [0.4, 0.5) is 0 Å². The molecule has 7 heteroatoms. The highest BCUT2D eigenvalue weighted by molar-refractivity contribution is 5.88. The quantitative estimate of drug-likeness (QED) is 0.414. The largest absolute Gasteiger partial charge is 0.480 e. The summed E-state index contributed by atoms with van der Waals surface area (Å²) >= 11 is 0. The molecule has 0 saturated heterocycles. The van der Waals surface area contributed by atoms with E-state index in [9.17, 15) is 14.4 Å². The molecule has 1 fully saturated rings. The Bertz CT molecular complexity index is 380. The summed E-state index contributed by atoms with van der Waals surface area (Å²) in [5.41, 5.74) is 1.53. The molecule has 4 N–H and O–H groups in total. The number of nitrogens with one attached hydrogen (secondary N) is 2. The number of hydrogen-bond acceptors (Lipinski definition) is 4. The molecule has 0 heterocycles. The Morgan fingerprint density at radius 2 is 1.81 bits per heavy atom. The number of hydroxylamine groups is 1. The van der Waals surface area contributed by atoms with Crippen LogP contribution in [-0.4, -0.2) is 34.1 Å². The van der Waals surface area contributed by atoms with Crippen LogP contribution in [0.25, 0.3) is 0 Å². The number of carboxylic acid groups (broad SMARTS) is 1. The van der Waals surface area contributed by atoms with Crippen molar-refractivity contribution in [2.24, 2.45) is 11.8 Å². The molecular formula is C14H24N2O5. The molecule has 2 atom stereocenters. The summed E-state index contributed by atoms with van der Waals surface area (Å²) in [7, 11) is 0. The molecule has 0 bridgehead atoms. The maximum Gasteiger partial charge on any atom is 0.325 e. The molecule has 1 aliphatic carbocycles. The zero-order chi connectivity index (χ0) is 15.8. The lowest BCUT2D eigenvalue weighted by Gasteiger charge is -2.26. The van der Waals surface area contributed by atoms with Crippen molar-refractivity contribution >= 4 is 17.8 Å². The molecule has 0 spiro atoms. The molecule has 21 heavy (non-hydrogen) atoms. The molecule has 2 amide bonds. The summed E-state index contributed by atoms with van der Waals surface area (Å²) in [6.07, 6.45) is 5.91. The summed E-state index contributed by atoms with van der Waals surface area (Å²) in [5.74, 6) is -2.43. The fourth-order valence-corrected chi connectivity index (χ4v) is 2.77. The lowest BCUT2D eigenvalue weighted by Crippen LogP contribution is -2.43. The van der Waals surface area contributed by atoms with E-state index < -0.39 is 29.7 Å². The van der Waals surface area contributed by atoms with Gasteiger partial charge >= 0.3 is 5.97 Å². The smallest absolute Gasteiger partial charge is 0.325 e. The number of rotatable bonds is 7. The third kappa shape index (κ3) is 6.12. The fourth-order valence-electron chi connectivity index (χ4n) is 2.77. The van der Waals surface area contributed by atoms with Crippen molar-refractivity contribution in [2.45, 2.75) is 57.9 Å². The Kier molecular flexibility index (Phi) is 7.14. The average Bonchev–Trinajstić information content (AvgIpc) is 2.47. The lowest BCUT2D eigenvalue weighted by atomic mass is 9.81. The number of carboxylic acids is 1. The molecule has 0 radical (unpaired) electrons. The van der Waals surface area contributed by atoms with Gasteiger partial charge in [0, 0.05) is 12.3 Å². The normalized spacial score (nSPS) is 18.6. The van der Waals surface area contributed by atoms with Crippen molar-refractivity contribution in [1.82, 2.24) is 10.8 Å². The van der Waals surface area contributed by atoms with Gasteiger partial charge in [0.25, 0.3) is 0 Å². The lowest BCUT2D eigenvalue weighted by molar-refractivity contribution is -0.142. The van der Waals surface area contributed by atoms with Gasteiger partial charge in [-0.05, 0) is 19.3 Å². The molecule has 0 aromatic heterocycles. The van der Waals surface area contributed by atoms with Crippen LogP contribution in [0.3, 0.4) is 0 Å². The molecule has 0 aliphatic heterocycles. The number of hydrogen-bond donors (Lipinski definition) is 4. The van der Waals surface area contributed by atoms with Gasteiger partial charge < -0.3 is 10.4 Å². The van der Waals surface area contributed by atoms with Gasteiger partial charge in [-0.2, -0.15) is 0 Å². The summed E-state index contributed by atoms with van der Waals surface area (Å²) in [6, 6.07) is -0.997. The van der Waals surface area contributed by atoms with Crippen LogP contribution in [0.1, 0.15) is 51.9 Å². The molecule has 7 nitrogen and oxygen atoms in total.